The highest BCUT2D eigenvalue weighted by molar-refractivity contribution is 9.10. The first kappa shape index (κ1) is 27.2. The van der Waals surface area contributed by atoms with Gasteiger partial charge in [0.15, 0.2) is 0 Å². The van der Waals surface area contributed by atoms with Crippen LogP contribution in [0.2, 0.25) is 0 Å². The van der Waals surface area contributed by atoms with Crippen LogP contribution in [0.25, 0.3) is 0 Å². The van der Waals surface area contributed by atoms with Crippen LogP contribution in [0.3, 0.4) is 0 Å². The third kappa shape index (κ3) is 6.94. The zero-order chi connectivity index (χ0) is 26.3. The van der Waals surface area contributed by atoms with E-state index < -0.39 is 10.8 Å². The van der Waals surface area contributed by atoms with Crippen molar-refractivity contribution in [2.24, 2.45) is 5.73 Å². The normalized spacial score (nSPS) is 14.8. The zero-order valence-electron chi connectivity index (χ0n) is 20.8. The number of nitrogens with one attached hydrogen (secondary N) is 2. The van der Waals surface area contributed by atoms with Gasteiger partial charge in [-0.05, 0) is 82.4 Å². The number of rotatable bonds is 11. The number of halogens is 1. The Morgan fingerprint density at radius 2 is 1.81 bits per heavy atom. The Kier molecular flexibility index (Phi) is 9.29. The van der Waals surface area contributed by atoms with Gasteiger partial charge < -0.3 is 21.1 Å². The van der Waals surface area contributed by atoms with E-state index in [9.17, 15) is 9.59 Å². The maximum atomic E-state index is 13.3. The highest BCUT2D eigenvalue weighted by Gasteiger charge is 2.44. The number of carbonyl (C=O) groups excluding carboxylic acids is 2. The number of carbonyl (C=O) groups is 2. The molecule has 6 nitrogen and oxygen atoms in total. The van der Waals surface area contributed by atoms with Crippen LogP contribution in [0.4, 0.5) is 5.69 Å². The molecule has 37 heavy (non-hydrogen) atoms. The van der Waals surface area contributed by atoms with E-state index in [0.29, 0.717) is 24.6 Å². The summed E-state index contributed by atoms with van der Waals surface area (Å²) < 4.78 is 6.34. The molecule has 0 heterocycles. The molecule has 0 bridgehead atoms. The molecule has 8 heteroatoms. The number of anilines is 1. The minimum Gasteiger partial charge on any atom is -0.488 e. The van der Waals surface area contributed by atoms with Crippen molar-refractivity contribution in [2.75, 3.05) is 11.6 Å². The maximum absolute atomic E-state index is 13.3. The summed E-state index contributed by atoms with van der Waals surface area (Å²) in [4.78, 5) is 26.3. The molecule has 3 aromatic rings. The standard InChI is InChI=1S/C29H32BrN3O3S/c1-37-29(13-6-14-29)28(35)33-25(17-27(34)32-23-10-5-9-21(15-23)18-31)22-11-12-26(24(30)16-22)36-19-20-7-3-2-4-8-20/h2-5,7-12,15-16,25H,6,13-14,17-19,31H2,1H3,(H,32,34)(H,33,35)/t25-/m1/s1. The van der Waals surface area contributed by atoms with E-state index in [2.05, 4.69) is 26.6 Å². The summed E-state index contributed by atoms with van der Waals surface area (Å²) in [5.41, 5.74) is 9.25. The molecule has 1 aliphatic carbocycles. The van der Waals surface area contributed by atoms with Crippen molar-refractivity contribution in [3.8, 4) is 5.75 Å². The van der Waals surface area contributed by atoms with E-state index in [4.69, 9.17) is 10.5 Å². The molecule has 0 aromatic heterocycles. The molecule has 2 amide bonds. The Balaban J connectivity index is 1.51. The van der Waals surface area contributed by atoms with Crippen molar-refractivity contribution in [1.29, 1.82) is 0 Å². The Hall–Kier alpha value is -2.81. The van der Waals surface area contributed by atoms with E-state index in [-0.39, 0.29) is 18.2 Å². The van der Waals surface area contributed by atoms with Crippen molar-refractivity contribution >= 4 is 45.2 Å². The van der Waals surface area contributed by atoms with E-state index >= 15 is 0 Å². The Morgan fingerprint density at radius 3 is 2.46 bits per heavy atom. The topological polar surface area (TPSA) is 93.5 Å². The lowest BCUT2D eigenvalue weighted by molar-refractivity contribution is -0.126. The molecule has 0 aliphatic heterocycles. The van der Waals surface area contributed by atoms with Crippen LogP contribution in [-0.4, -0.2) is 22.8 Å². The van der Waals surface area contributed by atoms with Gasteiger partial charge in [0, 0.05) is 12.2 Å². The van der Waals surface area contributed by atoms with Crippen molar-refractivity contribution in [1.82, 2.24) is 5.32 Å². The molecule has 3 aromatic carbocycles. The van der Waals surface area contributed by atoms with Gasteiger partial charge in [-0.1, -0.05) is 48.5 Å². The van der Waals surface area contributed by atoms with Crippen molar-refractivity contribution in [3.63, 3.8) is 0 Å². The van der Waals surface area contributed by atoms with Gasteiger partial charge in [0.2, 0.25) is 11.8 Å². The number of hydrogen-bond acceptors (Lipinski definition) is 5. The third-order valence-electron chi connectivity index (χ3n) is 6.70. The van der Waals surface area contributed by atoms with E-state index in [1.54, 1.807) is 11.8 Å². The second-order valence-electron chi connectivity index (χ2n) is 9.20. The van der Waals surface area contributed by atoms with Crippen LogP contribution in [0.15, 0.2) is 77.3 Å². The lowest BCUT2D eigenvalue weighted by Crippen LogP contribution is -2.50. The summed E-state index contributed by atoms with van der Waals surface area (Å²) in [6.07, 6.45) is 4.80. The minimum atomic E-state index is -0.491. The summed E-state index contributed by atoms with van der Waals surface area (Å²) in [5.74, 6) is 0.488. The Morgan fingerprint density at radius 1 is 1.05 bits per heavy atom. The van der Waals surface area contributed by atoms with Gasteiger partial charge in [0.25, 0.3) is 0 Å². The molecular weight excluding hydrogens is 550 g/mol. The van der Waals surface area contributed by atoms with Crippen molar-refractivity contribution in [3.05, 3.63) is 94.0 Å². The van der Waals surface area contributed by atoms with E-state index in [0.717, 1.165) is 40.4 Å². The molecule has 4 rings (SSSR count). The zero-order valence-corrected chi connectivity index (χ0v) is 23.2. The second kappa shape index (κ2) is 12.6. The van der Waals surface area contributed by atoms with Gasteiger partial charge >= 0.3 is 0 Å². The molecule has 0 saturated heterocycles. The molecular formula is C29H32BrN3O3S. The molecule has 0 radical (unpaired) electrons. The highest BCUT2D eigenvalue weighted by Crippen LogP contribution is 2.43. The van der Waals surface area contributed by atoms with Crippen LogP contribution >= 0.6 is 27.7 Å². The fourth-order valence-electron chi connectivity index (χ4n) is 4.32. The first-order valence-corrected chi connectivity index (χ1v) is 14.4. The smallest absolute Gasteiger partial charge is 0.236 e. The third-order valence-corrected chi connectivity index (χ3v) is 8.70. The van der Waals surface area contributed by atoms with Crippen LogP contribution in [0, 0.1) is 0 Å². The number of hydrogen-bond donors (Lipinski definition) is 3. The van der Waals surface area contributed by atoms with Crippen LogP contribution in [-0.2, 0) is 22.7 Å². The summed E-state index contributed by atoms with van der Waals surface area (Å²) >= 11 is 5.20. The number of nitrogens with two attached hydrogens (primary N) is 1. The number of ether oxygens (including phenoxy) is 1. The lowest BCUT2D eigenvalue weighted by atomic mass is 9.83. The molecule has 1 aliphatic rings. The summed E-state index contributed by atoms with van der Waals surface area (Å²) in [6.45, 7) is 0.839. The maximum Gasteiger partial charge on any atom is 0.236 e. The summed E-state index contributed by atoms with van der Waals surface area (Å²) in [5, 5.41) is 6.12. The predicted octanol–water partition coefficient (Wildman–Crippen LogP) is 5.96. The molecule has 1 saturated carbocycles. The van der Waals surface area contributed by atoms with E-state index in [1.807, 2.05) is 79.1 Å². The van der Waals surface area contributed by atoms with Gasteiger partial charge in [-0.25, -0.2) is 0 Å². The monoisotopic (exact) mass is 581 g/mol. The largest absolute Gasteiger partial charge is 0.488 e. The molecule has 0 spiro atoms. The average Bonchev–Trinajstić information content (AvgIpc) is 2.88. The van der Waals surface area contributed by atoms with Crippen LogP contribution < -0.4 is 21.1 Å². The Labute approximate surface area is 230 Å². The molecule has 194 valence electrons. The van der Waals surface area contributed by atoms with Crippen LogP contribution in [0.1, 0.15) is 48.4 Å². The minimum absolute atomic E-state index is 0.0188. The number of thioether (sulfide) groups is 1. The fourth-order valence-corrected chi connectivity index (χ4v) is 5.78. The predicted molar refractivity (Wildman–Crippen MR) is 153 cm³/mol. The summed E-state index contributed by atoms with van der Waals surface area (Å²) in [6, 6.07) is 22.6. The van der Waals surface area contributed by atoms with Gasteiger partial charge in [-0.15, -0.1) is 11.8 Å². The van der Waals surface area contributed by atoms with Gasteiger partial charge in [0.05, 0.1) is 21.7 Å². The molecule has 0 unspecified atom stereocenters. The number of amides is 2. The lowest BCUT2D eigenvalue weighted by Gasteiger charge is -2.39. The first-order chi connectivity index (χ1) is 17.9. The van der Waals surface area contributed by atoms with Crippen molar-refractivity contribution < 1.29 is 14.3 Å². The van der Waals surface area contributed by atoms with Gasteiger partial charge in [0.1, 0.15) is 12.4 Å². The second-order valence-corrected chi connectivity index (χ2v) is 11.2. The highest BCUT2D eigenvalue weighted by atomic mass is 79.9. The fraction of sp³-hybridized carbons (Fsp3) is 0.310. The summed E-state index contributed by atoms with van der Waals surface area (Å²) in [7, 11) is 0. The van der Waals surface area contributed by atoms with Crippen molar-refractivity contribution in [2.45, 2.75) is 49.6 Å². The van der Waals surface area contributed by atoms with Gasteiger partial charge in [-0.2, -0.15) is 0 Å². The molecule has 1 fully saturated rings. The number of benzene rings is 3. The average molecular weight is 583 g/mol. The van der Waals surface area contributed by atoms with Crippen LogP contribution in [0.5, 0.6) is 5.75 Å². The SMILES string of the molecule is CSC1(C(=O)N[C@H](CC(=O)Nc2cccc(CN)c2)c2ccc(OCc3ccccc3)c(Br)c2)CCC1. The quantitative estimate of drug-likeness (QED) is 0.260. The van der Waals surface area contributed by atoms with Gasteiger partial charge in [-0.3, -0.25) is 9.59 Å². The molecule has 1 atom stereocenters. The van der Waals surface area contributed by atoms with E-state index in [1.165, 1.54) is 0 Å². The first-order valence-electron chi connectivity index (χ1n) is 12.3. The molecule has 4 N–H and O–H groups in total. The Bertz CT molecular complexity index is 1230.